The van der Waals surface area contributed by atoms with Gasteiger partial charge in [-0.25, -0.2) is 0 Å². The Morgan fingerprint density at radius 2 is 2.00 bits per heavy atom. The van der Waals surface area contributed by atoms with Gasteiger partial charge in [0, 0.05) is 12.5 Å². The van der Waals surface area contributed by atoms with Gasteiger partial charge in [-0.3, -0.25) is 4.68 Å². The van der Waals surface area contributed by atoms with Crippen LogP contribution in [-0.4, -0.2) is 9.78 Å². The Morgan fingerprint density at radius 1 is 1.46 bits per heavy atom. The van der Waals surface area contributed by atoms with Crippen LogP contribution in [0.4, 0.5) is 5.82 Å². The van der Waals surface area contributed by atoms with Crippen LogP contribution in [0.1, 0.15) is 32.0 Å². The first-order chi connectivity index (χ1) is 5.88. The van der Waals surface area contributed by atoms with E-state index in [1.165, 1.54) is 0 Å². The maximum absolute atomic E-state index is 8.89. The standard InChI is InChI=1S/C9H14N4/c1-9(2,3)7-6(5-10)8(11)12-13(7)4/h1-4H3,(H2,11,12). The van der Waals surface area contributed by atoms with Crippen molar-refractivity contribution >= 4 is 5.82 Å². The number of nitriles is 1. The van der Waals surface area contributed by atoms with Gasteiger partial charge in [-0.2, -0.15) is 10.4 Å². The molecule has 1 aromatic rings. The van der Waals surface area contributed by atoms with Crippen molar-refractivity contribution in [3.8, 4) is 6.07 Å². The fourth-order valence-corrected chi connectivity index (χ4v) is 1.52. The van der Waals surface area contributed by atoms with Crippen LogP contribution in [0.5, 0.6) is 0 Å². The lowest BCUT2D eigenvalue weighted by Gasteiger charge is -2.18. The van der Waals surface area contributed by atoms with Crippen LogP contribution in [0.25, 0.3) is 0 Å². The minimum atomic E-state index is -0.107. The predicted octanol–water partition coefficient (Wildman–Crippen LogP) is 1.17. The Labute approximate surface area is 78.0 Å². The first-order valence-corrected chi connectivity index (χ1v) is 4.11. The minimum absolute atomic E-state index is 0.107. The number of nitrogen functional groups attached to an aromatic ring is 1. The molecular weight excluding hydrogens is 164 g/mol. The number of aromatic nitrogens is 2. The SMILES string of the molecule is Cn1nc(N)c(C#N)c1C(C)(C)C. The van der Waals surface area contributed by atoms with Crippen molar-refractivity contribution in [3.63, 3.8) is 0 Å². The molecule has 0 unspecified atom stereocenters. The van der Waals surface area contributed by atoms with Gasteiger partial charge in [-0.1, -0.05) is 20.8 Å². The van der Waals surface area contributed by atoms with E-state index < -0.39 is 0 Å². The summed E-state index contributed by atoms with van der Waals surface area (Å²) in [5.41, 5.74) is 6.87. The molecule has 0 saturated carbocycles. The van der Waals surface area contributed by atoms with E-state index in [9.17, 15) is 0 Å². The number of aryl methyl sites for hydroxylation is 1. The van der Waals surface area contributed by atoms with Gasteiger partial charge in [-0.15, -0.1) is 0 Å². The lowest BCUT2D eigenvalue weighted by Crippen LogP contribution is -2.17. The van der Waals surface area contributed by atoms with E-state index in [1.54, 1.807) is 11.7 Å². The summed E-state index contributed by atoms with van der Waals surface area (Å²) >= 11 is 0. The number of hydrogen-bond acceptors (Lipinski definition) is 3. The van der Waals surface area contributed by atoms with E-state index in [-0.39, 0.29) is 5.41 Å². The van der Waals surface area contributed by atoms with Crippen molar-refractivity contribution < 1.29 is 0 Å². The summed E-state index contributed by atoms with van der Waals surface area (Å²) in [4.78, 5) is 0. The number of rotatable bonds is 0. The molecule has 1 heterocycles. The molecule has 13 heavy (non-hydrogen) atoms. The zero-order valence-corrected chi connectivity index (χ0v) is 8.42. The van der Waals surface area contributed by atoms with Gasteiger partial charge in [0.05, 0.1) is 5.69 Å². The Balaban J connectivity index is 3.45. The van der Waals surface area contributed by atoms with E-state index in [0.29, 0.717) is 11.4 Å². The number of nitrogens with zero attached hydrogens (tertiary/aromatic N) is 3. The Morgan fingerprint density at radius 3 is 2.31 bits per heavy atom. The summed E-state index contributed by atoms with van der Waals surface area (Å²) in [6, 6.07) is 2.08. The van der Waals surface area contributed by atoms with Crippen LogP contribution in [0.15, 0.2) is 0 Å². The molecule has 1 aromatic heterocycles. The van der Waals surface area contributed by atoms with E-state index in [1.807, 2.05) is 20.8 Å². The molecule has 0 fully saturated rings. The second-order valence-corrected chi connectivity index (χ2v) is 4.09. The summed E-state index contributed by atoms with van der Waals surface area (Å²) in [7, 11) is 1.80. The zero-order valence-electron chi connectivity index (χ0n) is 8.42. The number of anilines is 1. The van der Waals surface area contributed by atoms with Crippen LogP contribution in [0.2, 0.25) is 0 Å². The molecule has 70 valence electrons. The molecule has 4 heteroatoms. The van der Waals surface area contributed by atoms with Gasteiger partial charge >= 0.3 is 0 Å². The third-order valence-corrected chi connectivity index (χ3v) is 1.90. The summed E-state index contributed by atoms with van der Waals surface area (Å²) in [5, 5.41) is 12.9. The summed E-state index contributed by atoms with van der Waals surface area (Å²) < 4.78 is 1.67. The maximum atomic E-state index is 8.89. The molecule has 0 amide bonds. The quantitative estimate of drug-likeness (QED) is 0.648. The molecule has 0 saturated heterocycles. The van der Waals surface area contributed by atoms with E-state index in [0.717, 1.165) is 5.69 Å². The van der Waals surface area contributed by atoms with Crippen LogP contribution in [0, 0.1) is 11.3 Å². The second-order valence-electron chi connectivity index (χ2n) is 4.09. The highest BCUT2D eigenvalue weighted by Crippen LogP contribution is 2.27. The molecule has 0 atom stereocenters. The highest BCUT2D eigenvalue weighted by molar-refractivity contribution is 5.53. The molecule has 0 aliphatic heterocycles. The van der Waals surface area contributed by atoms with Crippen molar-refractivity contribution in [2.24, 2.45) is 7.05 Å². The molecule has 0 aliphatic rings. The summed E-state index contributed by atoms with van der Waals surface area (Å²) in [6.45, 7) is 6.10. The highest BCUT2D eigenvalue weighted by Gasteiger charge is 2.24. The average Bonchev–Trinajstić information content (AvgIpc) is 2.23. The van der Waals surface area contributed by atoms with Gasteiger partial charge in [-0.05, 0) is 0 Å². The lowest BCUT2D eigenvalue weighted by molar-refractivity contribution is 0.522. The molecule has 2 N–H and O–H groups in total. The molecule has 0 radical (unpaired) electrons. The van der Waals surface area contributed by atoms with E-state index in [2.05, 4.69) is 11.2 Å². The molecular formula is C9H14N4. The lowest BCUT2D eigenvalue weighted by atomic mass is 9.89. The van der Waals surface area contributed by atoms with Gasteiger partial charge in [0.2, 0.25) is 0 Å². The zero-order chi connectivity index (χ0) is 10.2. The van der Waals surface area contributed by atoms with Crippen molar-refractivity contribution in [1.29, 1.82) is 5.26 Å². The van der Waals surface area contributed by atoms with E-state index >= 15 is 0 Å². The van der Waals surface area contributed by atoms with Crippen molar-refractivity contribution in [2.45, 2.75) is 26.2 Å². The van der Waals surface area contributed by atoms with Crippen LogP contribution >= 0.6 is 0 Å². The molecule has 0 aromatic carbocycles. The molecule has 0 aliphatic carbocycles. The van der Waals surface area contributed by atoms with Crippen LogP contribution in [0.3, 0.4) is 0 Å². The molecule has 0 spiro atoms. The first kappa shape index (κ1) is 9.59. The maximum Gasteiger partial charge on any atom is 0.163 e. The van der Waals surface area contributed by atoms with Crippen LogP contribution in [-0.2, 0) is 12.5 Å². The predicted molar refractivity (Wildman–Crippen MR) is 51.0 cm³/mol. The van der Waals surface area contributed by atoms with Gasteiger partial charge < -0.3 is 5.73 Å². The normalized spacial score (nSPS) is 11.3. The second kappa shape index (κ2) is 2.77. The van der Waals surface area contributed by atoms with E-state index in [4.69, 9.17) is 11.0 Å². The number of hydrogen-bond donors (Lipinski definition) is 1. The average molecular weight is 178 g/mol. The highest BCUT2D eigenvalue weighted by atomic mass is 15.3. The Hall–Kier alpha value is -1.50. The Kier molecular flexibility index (Phi) is 2.04. The summed E-state index contributed by atoms with van der Waals surface area (Å²) in [5.74, 6) is 0.315. The fourth-order valence-electron chi connectivity index (χ4n) is 1.52. The molecule has 4 nitrogen and oxygen atoms in total. The molecule has 0 bridgehead atoms. The van der Waals surface area contributed by atoms with Crippen molar-refractivity contribution in [3.05, 3.63) is 11.3 Å². The fraction of sp³-hybridized carbons (Fsp3) is 0.556. The van der Waals surface area contributed by atoms with Crippen molar-refractivity contribution in [2.75, 3.05) is 5.73 Å². The minimum Gasteiger partial charge on any atom is -0.381 e. The monoisotopic (exact) mass is 178 g/mol. The number of nitrogens with two attached hydrogens (primary N) is 1. The van der Waals surface area contributed by atoms with Gasteiger partial charge in [0.15, 0.2) is 5.82 Å². The third-order valence-electron chi connectivity index (χ3n) is 1.90. The smallest absolute Gasteiger partial charge is 0.163 e. The van der Waals surface area contributed by atoms with Gasteiger partial charge in [0.25, 0.3) is 0 Å². The summed E-state index contributed by atoms with van der Waals surface area (Å²) in [6.07, 6.45) is 0. The van der Waals surface area contributed by atoms with Gasteiger partial charge in [0.1, 0.15) is 11.6 Å². The van der Waals surface area contributed by atoms with Crippen molar-refractivity contribution in [1.82, 2.24) is 9.78 Å². The topological polar surface area (TPSA) is 67.6 Å². The molecule has 1 rings (SSSR count). The largest absolute Gasteiger partial charge is 0.381 e. The third kappa shape index (κ3) is 1.50. The Bertz CT molecular complexity index is 362. The first-order valence-electron chi connectivity index (χ1n) is 4.11. The van der Waals surface area contributed by atoms with Crippen LogP contribution < -0.4 is 5.73 Å².